The lowest BCUT2D eigenvalue weighted by atomic mass is 10.0. The normalized spacial score (nSPS) is 10.8. The highest BCUT2D eigenvalue weighted by Crippen LogP contribution is 2.32. The third kappa shape index (κ3) is 3.98. The fraction of sp³-hybridized carbons (Fsp3) is 0.0833. The standard InChI is InChI=1S/C24H19ClN2O4/c1-30-21-12-18(26)17(25)11-16(21)24(29)31-13-20(28)22-15-9-5-6-10-19(15)27-23(22)14-7-3-2-4-8-14/h2-12,27H,13,26H2,1H3. The number of H-pyrrole nitrogens is 1. The first kappa shape index (κ1) is 20.5. The van der Waals surface area contributed by atoms with Crippen LogP contribution in [0.15, 0.2) is 66.7 Å². The molecule has 0 aliphatic rings. The molecule has 0 aliphatic carbocycles. The van der Waals surface area contributed by atoms with Gasteiger partial charge in [-0.3, -0.25) is 4.79 Å². The fourth-order valence-corrected chi connectivity index (χ4v) is 3.60. The maximum absolute atomic E-state index is 13.2. The van der Waals surface area contributed by atoms with Crippen molar-refractivity contribution in [2.24, 2.45) is 0 Å². The van der Waals surface area contributed by atoms with Crippen LogP contribution >= 0.6 is 11.6 Å². The second-order valence-corrected chi connectivity index (χ2v) is 7.27. The van der Waals surface area contributed by atoms with Crippen molar-refractivity contribution in [3.05, 3.63) is 82.9 Å². The Bertz CT molecular complexity index is 1280. The maximum Gasteiger partial charge on any atom is 0.342 e. The molecule has 6 nitrogen and oxygen atoms in total. The summed E-state index contributed by atoms with van der Waals surface area (Å²) in [5.41, 5.74) is 8.95. The number of Topliss-reactive ketones (excluding diaryl/α,β-unsaturated/α-hetero) is 1. The van der Waals surface area contributed by atoms with Gasteiger partial charge >= 0.3 is 5.97 Å². The van der Waals surface area contributed by atoms with E-state index >= 15 is 0 Å². The molecule has 3 N–H and O–H groups in total. The lowest BCUT2D eigenvalue weighted by molar-refractivity contribution is 0.0472. The number of halogens is 1. The molecule has 7 heteroatoms. The van der Waals surface area contributed by atoms with Crippen molar-refractivity contribution >= 4 is 39.9 Å². The van der Waals surface area contributed by atoms with Gasteiger partial charge in [0.2, 0.25) is 5.78 Å². The number of para-hydroxylation sites is 1. The number of aromatic nitrogens is 1. The molecule has 0 atom stereocenters. The zero-order valence-corrected chi connectivity index (χ0v) is 17.4. The van der Waals surface area contributed by atoms with Gasteiger partial charge in [0.15, 0.2) is 6.61 Å². The largest absolute Gasteiger partial charge is 0.496 e. The Kier molecular flexibility index (Phi) is 5.64. The number of methoxy groups -OCH3 is 1. The zero-order valence-electron chi connectivity index (χ0n) is 16.6. The smallest absolute Gasteiger partial charge is 0.342 e. The van der Waals surface area contributed by atoms with Crippen molar-refractivity contribution in [1.29, 1.82) is 0 Å². The second-order valence-electron chi connectivity index (χ2n) is 6.86. The number of nitrogens with two attached hydrogens (primary N) is 1. The number of esters is 1. The third-order valence-corrected chi connectivity index (χ3v) is 5.25. The van der Waals surface area contributed by atoms with Crippen LogP contribution < -0.4 is 10.5 Å². The monoisotopic (exact) mass is 434 g/mol. The van der Waals surface area contributed by atoms with Crippen LogP contribution in [-0.2, 0) is 4.74 Å². The number of hydrogen-bond donors (Lipinski definition) is 2. The molecule has 4 aromatic rings. The zero-order chi connectivity index (χ0) is 22.0. The molecule has 156 valence electrons. The maximum atomic E-state index is 13.2. The first-order valence-corrected chi connectivity index (χ1v) is 9.87. The molecule has 0 radical (unpaired) electrons. The number of benzene rings is 3. The van der Waals surface area contributed by atoms with E-state index in [-0.39, 0.29) is 27.8 Å². The topological polar surface area (TPSA) is 94.4 Å². The molecule has 0 bridgehead atoms. The van der Waals surface area contributed by atoms with Crippen LogP contribution in [0.4, 0.5) is 5.69 Å². The van der Waals surface area contributed by atoms with Crippen molar-refractivity contribution in [3.63, 3.8) is 0 Å². The Labute approximate surface area is 183 Å². The summed E-state index contributed by atoms with van der Waals surface area (Å²) in [6.45, 7) is -0.439. The van der Waals surface area contributed by atoms with E-state index in [1.165, 1.54) is 19.2 Å². The van der Waals surface area contributed by atoms with Gasteiger partial charge in [-0.05, 0) is 17.7 Å². The van der Waals surface area contributed by atoms with Crippen molar-refractivity contribution in [2.75, 3.05) is 19.5 Å². The van der Waals surface area contributed by atoms with E-state index < -0.39 is 12.6 Å². The summed E-state index contributed by atoms with van der Waals surface area (Å²) in [6, 6.07) is 19.8. The van der Waals surface area contributed by atoms with E-state index in [9.17, 15) is 9.59 Å². The molecule has 1 aromatic heterocycles. The van der Waals surface area contributed by atoms with Gasteiger partial charge in [0.1, 0.15) is 11.3 Å². The summed E-state index contributed by atoms with van der Waals surface area (Å²) in [4.78, 5) is 29.1. The Morgan fingerprint density at radius 1 is 1.03 bits per heavy atom. The summed E-state index contributed by atoms with van der Waals surface area (Å²) >= 11 is 6.03. The minimum Gasteiger partial charge on any atom is -0.496 e. The molecule has 0 fully saturated rings. The number of fused-ring (bicyclic) bond motifs is 1. The van der Waals surface area contributed by atoms with Gasteiger partial charge in [0.05, 0.1) is 29.1 Å². The van der Waals surface area contributed by atoms with Gasteiger partial charge < -0.3 is 20.2 Å². The summed E-state index contributed by atoms with van der Waals surface area (Å²) in [5, 5.41) is 0.956. The number of nitrogens with one attached hydrogen (secondary N) is 1. The summed E-state index contributed by atoms with van der Waals surface area (Å²) in [5.74, 6) is -0.838. The third-order valence-electron chi connectivity index (χ3n) is 4.92. The number of ketones is 1. The SMILES string of the molecule is COc1cc(N)c(Cl)cc1C(=O)OCC(=O)c1c(-c2ccccc2)[nH]c2ccccc12. The number of carbonyl (C=O) groups excluding carboxylic acids is 2. The van der Waals surface area contributed by atoms with Crippen molar-refractivity contribution in [1.82, 2.24) is 4.98 Å². The van der Waals surface area contributed by atoms with Crippen LogP contribution in [-0.4, -0.2) is 30.5 Å². The van der Waals surface area contributed by atoms with E-state index in [4.69, 9.17) is 26.8 Å². The highest BCUT2D eigenvalue weighted by molar-refractivity contribution is 6.33. The summed E-state index contributed by atoms with van der Waals surface area (Å²) < 4.78 is 10.5. The Morgan fingerprint density at radius 2 is 1.74 bits per heavy atom. The van der Waals surface area contributed by atoms with Crippen molar-refractivity contribution < 1.29 is 19.1 Å². The molecular weight excluding hydrogens is 416 g/mol. The molecule has 0 aliphatic heterocycles. The predicted octanol–water partition coefficient (Wildman–Crippen LogP) is 5.12. The average molecular weight is 435 g/mol. The molecule has 0 amide bonds. The molecule has 0 spiro atoms. The predicted molar refractivity (Wildman–Crippen MR) is 121 cm³/mol. The first-order chi connectivity index (χ1) is 15.0. The van der Waals surface area contributed by atoms with Crippen molar-refractivity contribution in [3.8, 4) is 17.0 Å². The van der Waals surface area contributed by atoms with Crippen LogP contribution in [0.5, 0.6) is 5.75 Å². The van der Waals surface area contributed by atoms with E-state index in [2.05, 4.69) is 4.98 Å². The highest BCUT2D eigenvalue weighted by Gasteiger charge is 2.22. The molecule has 0 saturated carbocycles. The molecule has 1 heterocycles. The number of ether oxygens (including phenoxy) is 2. The molecular formula is C24H19ClN2O4. The quantitative estimate of drug-likeness (QED) is 0.249. The summed E-state index contributed by atoms with van der Waals surface area (Å²) in [7, 11) is 1.41. The minimum absolute atomic E-state index is 0.0942. The Hall–Kier alpha value is -3.77. The number of hydrogen-bond acceptors (Lipinski definition) is 5. The van der Waals surface area contributed by atoms with Crippen LogP contribution in [0.25, 0.3) is 22.2 Å². The number of anilines is 1. The highest BCUT2D eigenvalue weighted by atomic mass is 35.5. The van der Waals surface area contributed by atoms with Gasteiger partial charge in [-0.25, -0.2) is 4.79 Å². The van der Waals surface area contributed by atoms with Gasteiger partial charge in [-0.15, -0.1) is 0 Å². The first-order valence-electron chi connectivity index (χ1n) is 9.49. The minimum atomic E-state index is -0.729. The van der Waals surface area contributed by atoms with Gasteiger partial charge in [0, 0.05) is 17.0 Å². The van der Waals surface area contributed by atoms with Gasteiger partial charge in [0.25, 0.3) is 0 Å². The average Bonchev–Trinajstić information content (AvgIpc) is 3.19. The lowest BCUT2D eigenvalue weighted by Crippen LogP contribution is -2.15. The second kappa shape index (κ2) is 8.53. The van der Waals surface area contributed by atoms with Crippen LogP contribution in [0.1, 0.15) is 20.7 Å². The van der Waals surface area contributed by atoms with E-state index in [1.807, 2.05) is 54.6 Å². The number of carbonyl (C=O) groups is 2. The number of rotatable bonds is 6. The van der Waals surface area contributed by atoms with Crippen LogP contribution in [0.2, 0.25) is 5.02 Å². The number of nitrogen functional groups attached to an aromatic ring is 1. The molecule has 3 aromatic carbocycles. The van der Waals surface area contributed by atoms with E-state index in [0.29, 0.717) is 11.3 Å². The van der Waals surface area contributed by atoms with Crippen molar-refractivity contribution in [2.45, 2.75) is 0 Å². The van der Waals surface area contributed by atoms with Gasteiger partial charge in [-0.2, -0.15) is 0 Å². The number of aromatic amines is 1. The van der Waals surface area contributed by atoms with E-state index in [1.54, 1.807) is 0 Å². The van der Waals surface area contributed by atoms with Crippen LogP contribution in [0.3, 0.4) is 0 Å². The Balaban J connectivity index is 1.64. The molecule has 4 rings (SSSR count). The lowest BCUT2D eigenvalue weighted by Gasteiger charge is -2.11. The summed E-state index contributed by atoms with van der Waals surface area (Å²) in [6.07, 6.45) is 0. The molecule has 31 heavy (non-hydrogen) atoms. The van der Waals surface area contributed by atoms with E-state index in [0.717, 1.165) is 16.5 Å². The Morgan fingerprint density at radius 3 is 2.48 bits per heavy atom. The van der Waals surface area contributed by atoms with Gasteiger partial charge in [-0.1, -0.05) is 60.1 Å². The molecule has 0 unspecified atom stereocenters. The van der Waals surface area contributed by atoms with Crippen LogP contribution in [0, 0.1) is 0 Å². The fourth-order valence-electron chi connectivity index (χ4n) is 3.43. The molecule has 0 saturated heterocycles.